The molecule has 2 N–H and O–H groups in total. The lowest BCUT2D eigenvalue weighted by Gasteiger charge is -2.19. The van der Waals surface area contributed by atoms with E-state index < -0.39 is 0 Å². The molecule has 1 atom stereocenters. The molecule has 0 spiro atoms. The van der Waals surface area contributed by atoms with E-state index in [2.05, 4.69) is 39.3 Å². The quantitative estimate of drug-likeness (QED) is 0.845. The van der Waals surface area contributed by atoms with Crippen LogP contribution < -0.4 is 15.5 Å². The van der Waals surface area contributed by atoms with Crippen molar-refractivity contribution in [1.29, 1.82) is 0 Å². The number of aromatic nitrogens is 2. The predicted molar refractivity (Wildman–Crippen MR) is 75.2 cm³/mol. The number of nitrogens with one attached hydrogen (secondary N) is 2. The molecule has 2 rings (SSSR count). The smallest absolute Gasteiger partial charge is 0.134 e. The van der Waals surface area contributed by atoms with Crippen molar-refractivity contribution in [3.8, 4) is 0 Å². The third kappa shape index (κ3) is 3.10. The van der Waals surface area contributed by atoms with Crippen LogP contribution in [0.3, 0.4) is 0 Å². The number of hydrogen-bond acceptors (Lipinski definition) is 5. The maximum atomic E-state index is 4.54. The average Bonchev–Trinajstić information content (AvgIpc) is 2.75. The molecule has 18 heavy (non-hydrogen) atoms. The van der Waals surface area contributed by atoms with Crippen molar-refractivity contribution in [2.45, 2.75) is 39.3 Å². The third-order valence-electron chi connectivity index (χ3n) is 3.18. The summed E-state index contributed by atoms with van der Waals surface area (Å²) in [6.07, 6.45) is 1.17. The van der Waals surface area contributed by atoms with Crippen molar-refractivity contribution in [3.05, 3.63) is 11.9 Å². The highest BCUT2D eigenvalue weighted by Gasteiger charge is 2.22. The Hall–Kier alpha value is -1.36. The van der Waals surface area contributed by atoms with Gasteiger partial charge in [-0.3, -0.25) is 0 Å². The van der Waals surface area contributed by atoms with E-state index in [1.807, 2.05) is 20.0 Å². The molecule has 5 heteroatoms. The van der Waals surface area contributed by atoms with Crippen LogP contribution >= 0.6 is 0 Å². The number of nitrogens with zero attached hydrogens (tertiary/aromatic N) is 3. The lowest BCUT2D eigenvalue weighted by Crippen LogP contribution is -2.30. The third-order valence-corrected chi connectivity index (χ3v) is 3.18. The summed E-state index contributed by atoms with van der Waals surface area (Å²) in [6, 6.07) is 3.00. The summed E-state index contributed by atoms with van der Waals surface area (Å²) in [5.41, 5.74) is 0. The number of hydrogen-bond donors (Lipinski definition) is 2. The van der Waals surface area contributed by atoms with E-state index in [4.69, 9.17) is 0 Å². The van der Waals surface area contributed by atoms with Gasteiger partial charge in [-0.25, -0.2) is 9.97 Å². The molecule has 1 aromatic heterocycles. The van der Waals surface area contributed by atoms with E-state index in [1.54, 1.807) is 0 Å². The van der Waals surface area contributed by atoms with E-state index in [0.29, 0.717) is 12.1 Å². The van der Waals surface area contributed by atoms with E-state index in [-0.39, 0.29) is 0 Å². The molecule has 0 saturated carbocycles. The summed E-state index contributed by atoms with van der Waals surface area (Å²) < 4.78 is 0. The van der Waals surface area contributed by atoms with Crippen LogP contribution in [0, 0.1) is 6.92 Å². The number of rotatable bonds is 4. The largest absolute Gasteiger partial charge is 0.368 e. The van der Waals surface area contributed by atoms with Crippen molar-refractivity contribution >= 4 is 11.6 Å². The van der Waals surface area contributed by atoms with E-state index in [0.717, 1.165) is 30.5 Å². The van der Waals surface area contributed by atoms with Gasteiger partial charge in [0.15, 0.2) is 0 Å². The summed E-state index contributed by atoms with van der Waals surface area (Å²) in [7, 11) is 2.02. The Bertz CT molecular complexity index is 404. The molecule has 100 valence electrons. The van der Waals surface area contributed by atoms with Gasteiger partial charge >= 0.3 is 0 Å². The van der Waals surface area contributed by atoms with Crippen LogP contribution in [0.5, 0.6) is 0 Å². The van der Waals surface area contributed by atoms with Crippen LogP contribution in [0.2, 0.25) is 0 Å². The van der Waals surface area contributed by atoms with Crippen molar-refractivity contribution < 1.29 is 0 Å². The van der Waals surface area contributed by atoms with Gasteiger partial charge in [0.1, 0.15) is 17.5 Å². The van der Waals surface area contributed by atoms with Gasteiger partial charge in [0.05, 0.1) is 0 Å². The highest BCUT2D eigenvalue weighted by atomic mass is 15.2. The maximum absolute atomic E-state index is 4.54. The van der Waals surface area contributed by atoms with Gasteiger partial charge in [0.2, 0.25) is 0 Å². The minimum Gasteiger partial charge on any atom is -0.368 e. The Morgan fingerprint density at radius 2 is 2.17 bits per heavy atom. The Labute approximate surface area is 109 Å². The zero-order chi connectivity index (χ0) is 13.1. The standard InChI is InChI=1S/C13H23N5/c1-9(2)15-12-7-13(17-10(3)16-12)18-6-5-11(8-18)14-4/h7,9,11,14H,5-6,8H2,1-4H3,(H,15,16,17). The normalized spacial score (nSPS) is 19.6. The molecule has 1 aromatic rings. The van der Waals surface area contributed by atoms with Gasteiger partial charge in [0.25, 0.3) is 0 Å². The Balaban J connectivity index is 2.15. The second kappa shape index (κ2) is 5.52. The first-order valence-electron chi connectivity index (χ1n) is 6.63. The van der Waals surface area contributed by atoms with Crippen LogP contribution in [-0.4, -0.2) is 42.2 Å². The fourth-order valence-corrected chi connectivity index (χ4v) is 2.29. The summed E-state index contributed by atoms with van der Waals surface area (Å²) in [5, 5.41) is 6.67. The van der Waals surface area contributed by atoms with Crippen molar-refractivity contribution in [1.82, 2.24) is 15.3 Å². The van der Waals surface area contributed by atoms with Crippen LogP contribution in [0.1, 0.15) is 26.1 Å². The second-order valence-electron chi connectivity index (χ2n) is 5.18. The van der Waals surface area contributed by atoms with Gasteiger partial charge in [-0.1, -0.05) is 0 Å². The van der Waals surface area contributed by atoms with Gasteiger partial charge < -0.3 is 15.5 Å². The zero-order valence-electron chi connectivity index (χ0n) is 11.7. The Morgan fingerprint density at radius 1 is 1.39 bits per heavy atom. The average molecular weight is 249 g/mol. The van der Waals surface area contributed by atoms with Gasteiger partial charge in [0, 0.05) is 31.2 Å². The molecule has 0 bridgehead atoms. The Morgan fingerprint density at radius 3 is 2.78 bits per heavy atom. The molecule has 1 saturated heterocycles. The minimum absolute atomic E-state index is 0.385. The Kier molecular flexibility index (Phi) is 4.01. The van der Waals surface area contributed by atoms with Gasteiger partial charge in [-0.05, 0) is 34.2 Å². The van der Waals surface area contributed by atoms with Crippen LogP contribution in [0.25, 0.3) is 0 Å². The van der Waals surface area contributed by atoms with Crippen LogP contribution in [-0.2, 0) is 0 Å². The maximum Gasteiger partial charge on any atom is 0.134 e. The lowest BCUT2D eigenvalue weighted by molar-refractivity contribution is 0.616. The number of aryl methyl sites for hydroxylation is 1. The molecule has 0 amide bonds. The van der Waals surface area contributed by atoms with E-state index in [1.165, 1.54) is 6.42 Å². The first-order chi connectivity index (χ1) is 8.58. The molecule has 0 radical (unpaired) electrons. The highest BCUT2D eigenvalue weighted by Crippen LogP contribution is 2.21. The SMILES string of the molecule is CNC1CCN(c2cc(NC(C)C)nc(C)n2)C1. The van der Waals surface area contributed by atoms with E-state index in [9.17, 15) is 0 Å². The van der Waals surface area contributed by atoms with Gasteiger partial charge in [-0.15, -0.1) is 0 Å². The topological polar surface area (TPSA) is 53.1 Å². The fourth-order valence-electron chi connectivity index (χ4n) is 2.29. The summed E-state index contributed by atoms with van der Waals surface area (Å²) in [6.45, 7) is 8.26. The zero-order valence-corrected chi connectivity index (χ0v) is 11.7. The number of likely N-dealkylation sites (N-methyl/N-ethyl adjacent to an activating group) is 1. The van der Waals surface area contributed by atoms with E-state index >= 15 is 0 Å². The van der Waals surface area contributed by atoms with Crippen molar-refractivity contribution in [2.75, 3.05) is 30.4 Å². The van der Waals surface area contributed by atoms with Crippen LogP contribution in [0.4, 0.5) is 11.6 Å². The van der Waals surface area contributed by atoms with Crippen molar-refractivity contribution in [2.24, 2.45) is 0 Å². The fraction of sp³-hybridized carbons (Fsp3) is 0.692. The monoisotopic (exact) mass is 249 g/mol. The van der Waals surface area contributed by atoms with Crippen LogP contribution in [0.15, 0.2) is 6.07 Å². The summed E-state index contributed by atoms with van der Waals surface area (Å²) in [4.78, 5) is 11.3. The molecular formula is C13H23N5. The predicted octanol–water partition coefficient (Wildman–Crippen LogP) is 1.40. The molecular weight excluding hydrogens is 226 g/mol. The lowest BCUT2D eigenvalue weighted by atomic mass is 10.3. The number of anilines is 2. The first kappa shape index (κ1) is 13.1. The minimum atomic E-state index is 0.385. The molecule has 0 aromatic carbocycles. The molecule has 1 unspecified atom stereocenters. The van der Waals surface area contributed by atoms with Gasteiger partial charge in [-0.2, -0.15) is 0 Å². The highest BCUT2D eigenvalue weighted by molar-refractivity contribution is 5.50. The molecule has 1 aliphatic rings. The summed E-state index contributed by atoms with van der Waals surface area (Å²) >= 11 is 0. The molecule has 2 heterocycles. The second-order valence-corrected chi connectivity index (χ2v) is 5.18. The molecule has 1 fully saturated rings. The molecule has 5 nitrogen and oxygen atoms in total. The van der Waals surface area contributed by atoms with Crippen molar-refractivity contribution in [3.63, 3.8) is 0 Å². The summed E-state index contributed by atoms with van der Waals surface area (Å²) in [5.74, 6) is 2.77. The molecule has 0 aliphatic carbocycles. The molecule has 1 aliphatic heterocycles. The first-order valence-corrected chi connectivity index (χ1v) is 6.63.